The highest BCUT2D eigenvalue weighted by molar-refractivity contribution is 9.10. The molecule has 0 aliphatic carbocycles. The molecule has 1 aromatic carbocycles. The summed E-state index contributed by atoms with van der Waals surface area (Å²) < 4.78 is 12.3. The third-order valence-electron chi connectivity index (χ3n) is 2.10. The fourth-order valence-electron chi connectivity index (χ4n) is 1.46. The van der Waals surface area contributed by atoms with Crippen molar-refractivity contribution >= 4 is 32.4 Å². The molecule has 0 amide bonds. The molecule has 100 valence electrons. The number of nitrogens with zero attached hydrogens (tertiary/aromatic N) is 1. The Morgan fingerprint density at radius 1 is 1.50 bits per heavy atom. The smallest absolute Gasteiger partial charge is 0.283 e. The minimum Gasteiger partial charge on any atom is -0.325 e. The standard InChI is InChI=1S/C11H15BrN2O3S/c1-11(2,13)7-18(17)6-8-4-3-5-9(10(8)12)14(15)16/h3-5H,6-7,13H2,1-2H3. The van der Waals surface area contributed by atoms with Crippen molar-refractivity contribution in [3.05, 3.63) is 38.3 Å². The molecule has 18 heavy (non-hydrogen) atoms. The fraction of sp³-hybridized carbons (Fsp3) is 0.455. The van der Waals surface area contributed by atoms with E-state index in [1.807, 2.05) is 0 Å². The van der Waals surface area contributed by atoms with Crippen molar-refractivity contribution in [2.75, 3.05) is 5.75 Å². The minimum atomic E-state index is -1.15. The molecular weight excluding hydrogens is 320 g/mol. The second kappa shape index (κ2) is 5.90. The molecule has 2 N–H and O–H groups in total. The van der Waals surface area contributed by atoms with Crippen LogP contribution in [0.1, 0.15) is 19.4 Å². The molecule has 0 fully saturated rings. The summed E-state index contributed by atoms with van der Waals surface area (Å²) in [5.74, 6) is 0.602. The molecule has 1 atom stereocenters. The van der Waals surface area contributed by atoms with Crippen LogP contribution in [0, 0.1) is 10.1 Å². The van der Waals surface area contributed by atoms with Gasteiger partial charge >= 0.3 is 0 Å². The van der Waals surface area contributed by atoms with Gasteiger partial charge in [0.15, 0.2) is 0 Å². The Hall–Kier alpha value is -0.790. The number of halogens is 1. The van der Waals surface area contributed by atoms with Crippen molar-refractivity contribution in [2.45, 2.75) is 25.1 Å². The van der Waals surface area contributed by atoms with Crippen molar-refractivity contribution < 1.29 is 9.13 Å². The van der Waals surface area contributed by atoms with Crippen LogP contribution >= 0.6 is 15.9 Å². The summed E-state index contributed by atoms with van der Waals surface area (Å²) in [6.07, 6.45) is 0. The lowest BCUT2D eigenvalue weighted by Gasteiger charge is -2.17. The van der Waals surface area contributed by atoms with Gasteiger partial charge in [0.2, 0.25) is 0 Å². The molecular formula is C11H15BrN2O3S. The Balaban J connectivity index is 2.89. The van der Waals surface area contributed by atoms with E-state index >= 15 is 0 Å². The third-order valence-corrected chi connectivity index (χ3v) is 4.72. The molecule has 0 radical (unpaired) electrons. The summed E-state index contributed by atoms with van der Waals surface area (Å²) in [5, 5.41) is 10.8. The summed E-state index contributed by atoms with van der Waals surface area (Å²) in [6.45, 7) is 3.60. The van der Waals surface area contributed by atoms with E-state index in [-0.39, 0.29) is 11.4 Å². The van der Waals surface area contributed by atoms with Gasteiger partial charge in [-0.25, -0.2) is 0 Å². The molecule has 1 unspecified atom stereocenters. The predicted octanol–water partition coefficient (Wildman–Crippen LogP) is 2.34. The molecule has 0 spiro atoms. The van der Waals surface area contributed by atoms with Crippen LogP contribution in [0.25, 0.3) is 0 Å². The van der Waals surface area contributed by atoms with Gasteiger partial charge in [-0.3, -0.25) is 14.3 Å². The van der Waals surface area contributed by atoms with Crippen LogP contribution in [0.5, 0.6) is 0 Å². The highest BCUT2D eigenvalue weighted by Gasteiger charge is 2.19. The van der Waals surface area contributed by atoms with Crippen LogP contribution in [0.4, 0.5) is 5.69 Å². The SMILES string of the molecule is CC(C)(N)CS(=O)Cc1cccc([N+](=O)[O-])c1Br. The maximum Gasteiger partial charge on any atom is 0.283 e. The first kappa shape index (κ1) is 15.3. The van der Waals surface area contributed by atoms with Gasteiger partial charge in [0.05, 0.1) is 9.40 Å². The maximum absolute atomic E-state index is 11.9. The number of nitro benzene ring substituents is 1. The third kappa shape index (κ3) is 4.47. The van der Waals surface area contributed by atoms with Gasteiger partial charge in [-0.2, -0.15) is 0 Å². The number of rotatable bonds is 5. The number of benzene rings is 1. The van der Waals surface area contributed by atoms with Gasteiger partial charge in [-0.15, -0.1) is 0 Å². The lowest BCUT2D eigenvalue weighted by Crippen LogP contribution is -2.38. The van der Waals surface area contributed by atoms with E-state index in [0.717, 1.165) is 0 Å². The maximum atomic E-state index is 11.9. The average molecular weight is 335 g/mol. The van der Waals surface area contributed by atoms with Crippen LogP contribution < -0.4 is 5.73 Å². The molecule has 0 saturated heterocycles. The molecule has 5 nitrogen and oxygen atoms in total. The summed E-state index contributed by atoms with van der Waals surface area (Å²) in [5.41, 5.74) is 5.92. The number of hydrogen-bond donors (Lipinski definition) is 1. The second-order valence-corrected chi connectivity index (χ2v) is 6.97. The largest absolute Gasteiger partial charge is 0.325 e. The first-order valence-corrected chi connectivity index (χ1v) is 7.54. The van der Waals surface area contributed by atoms with Crippen molar-refractivity contribution in [3.8, 4) is 0 Å². The molecule has 0 aliphatic rings. The van der Waals surface area contributed by atoms with Gasteiger partial charge in [0.1, 0.15) is 0 Å². The lowest BCUT2D eigenvalue weighted by atomic mass is 10.1. The number of hydrogen-bond acceptors (Lipinski definition) is 4. The molecule has 0 heterocycles. The Morgan fingerprint density at radius 3 is 2.61 bits per heavy atom. The van der Waals surface area contributed by atoms with Gasteiger partial charge in [0.25, 0.3) is 5.69 Å². The van der Waals surface area contributed by atoms with Crippen molar-refractivity contribution in [2.24, 2.45) is 5.73 Å². The molecule has 0 aromatic heterocycles. The monoisotopic (exact) mass is 334 g/mol. The molecule has 0 bridgehead atoms. The molecule has 1 rings (SSSR count). The van der Waals surface area contributed by atoms with Gasteiger partial charge in [-0.1, -0.05) is 12.1 Å². The quantitative estimate of drug-likeness (QED) is 0.661. The topological polar surface area (TPSA) is 86.2 Å². The van der Waals surface area contributed by atoms with E-state index in [4.69, 9.17) is 5.73 Å². The lowest BCUT2D eigenvalue weighted by molar-refractivity contribution is -0.385. The van der Waals surface area contributed by atoms with E-state index in [0.29, 0.717) is 15.8 Å². The normalized spacial score (nSPS) is 13.3. The van der Waals surface area contributed by atoms with Crippen molar-refractivity contribution in [1.29, 1.82) is 0 Å². The average Bonchev–Trinajstić information content (AvgIpc) is 2.17. The second-order valence-electron chi connectivity index (χ2n) is 4.72. The molecule has 7 heteroatoms. The van der Waals surface area contributed by atoms with Crippen LogP contribution in [0.2, 0.25) is 0 Å². The van der Waals surface area contributed by atoms with Crippen LogP contribution in [0.15, 0.2) is 22.7 Å². The Morgan fingerprint density at radius 2 is 2.11 bits per heavy atom. The first-order chi connectivity index (χ1) is 8.20. The minimum absolute atomic E-state index is 0.0171. The van der Waals surface area contributed by atoms with E-state index in [1.165, 1.54) is 6.07 Å². The zero-order chi connectivity index (χ0) is 13.9. The van der Waals surface area contributed by atoms with Crippen LogP contribution in [-0.4, -0.2) is 20.4 Å². The number of nitrogens with two attached hydrogens (primary N) is 1. The number of nitro groups is 1. The van der Waals surface area contributed by atoms with Gasteiger partial charge in [0, 0.05) is 33.9 Å². The fourth-order valence-corrected chi connectivity index (χ4v) is 3.71. The Bertz CT molecular complexity index is 486. The zero-order valence-corrected chi connectivity index (χ0v) is 12.6. The van der Waals surface area contributed by atoms with Gasteiger partial charge in [-0.05, 0) is 35.3 Å². The van der Waals surface area contributed by atoms with Crippen LogP contribution in [-0.2, 0) is 16.6 Å². The molecule has 1 aromatic rings. The first-order valence-electron chi connectivity index (χ1n) is 5.26. The summed E-state index contributed by atoms with van der Waals surface area (Å²) in [6, 6.07) is 4.71. The van der Waals surface area contributed by atoms with Gasteiger partial charge < -0.3 is 5.73 Å². The Labute approximate surface area is 116 Å². The van der Waals surface area contributed by atoms with E-state index < -0.39 is 21.3 Å². The highest BCUT2D eigenvalue weighted by atomic mass is 79.9. The summed E-state index contributed by atoms with van der Waals surface area (Å²) in [7, 11) is -1.15. The van der Waals surface area contributed by atoms with E-state index in [2.05, 4.69) is 15.9 Å². The summed E-state index contributed by atoms with van der Waals surface area (Å²) in [4.78, 5) is 10.3. The van der Waals surface area contributed by atoms with Crippen molar-refractivity contribution in [3.63, 3.8) is 0 Å². The molecule has 0 aliphatic heterocycles. The predicted molar refractivity (Wildman–Crippen MR) is 75.8 cm³/mol. The summed E-state index contributed by atoms with van der Waals surface area (Å²) >= 11 is 3.18. The van der Waals surface area contributed by atoms with Crippen LogP contribution in [0.3, 0.4) is 0 Å². The van der Waals surface area contributed by atoms with E-state index in [1.54, 1.807) is 26.0 Å². The molecule has 0 saturated carbocycles. The Kier molecular flexibility index (Phi) is 5.01. The highest BCUT2D eigenvalue weighted by Crippen LogP contribution is 2.29. The van der Waals surface area contributed by atoms with Crippen molar-refractivity contribution in [1.82, 2.24) is 0 Å². The van der Waals surface area contributed by atoms with E-state index in [9.17, 15) is 14.3 Å². The zero-order valence-electron chi connectivity index (χ0n) is 10.2.